The molecule has 3 N–H and O–H groups in total. The summed E-state index contributed by atoms with van der Waals surface area (Å²) < 4.78 is 34.9. The Labute approximate surface area is 296 Å². The molecule has 0 radical (unpaired) electrons. The topological polar surface area (TPSA) is 192 Å². The monoisotopic (exact) mass is 717 g/mol. The SMILES string of the molecule is COc1ccc2c(Oc3ccc(NC(=O)c4c(C)n(C[C@@H](C)OC(=O)CN(C)C)n(-c5ccccc5)c4=O)cc3F)ccnc2c1.O=C(O)C(=O)O. The van der Waals surface area contributed by atoms with Gasteiger partial charge in [-0.2, -0.15) is 0 Å². The summed E-state index contributed by atoms with van der Waals surface area (Å²) in [5.74, 6) is -4.55. The Bertz CT molecular complexity index is 2150. The predicted molar refractivity (Wildman–Crippen MR) is 187 cm³/mol. The number of anilines is 1. The number of likely N-dealkylation sites (N-methyl/N-ethyl adjacent to an activating group) is 1. The molecule has 1 atom stereocenters. The molecule has 15 nitrogen and oxygen atoms in total. The second kappa shape index (κ2) is 16.9. The standard InChI is InChI=1S/C34H34FN5O6.C2H2O4/c1-21(45-31(41)20-38(3)4)19-39-22(2)32(34(43)40(39)24-9-7-6-8-10-24)33(42)37-23-11-14-30(27(35)17-23)46-29-15-16-36-28-18-25(44-5)12-13-26(28)29;3-1(4)2(5)6/h6-18,21H,19-20H2,1-5H3,(H,37,42);(H,3,4)(H,5,6)/t21-;/m1./s1. The number of aromatic nitrogens is 3. The second-order valence-electron chi connectivity index (χ2n) is 11.5. The molecule has 0 fully saturated rings. The number of fused-ring (bicyclic) bond motifs is 1. The number of nitrogens with one attached hydrogen (secondary N) is 1. The van der Waals surface area contributed by atoms with Crippen molar-refractivity contribution in [2.75, 3.05) is 33.1 Å². The van der Waals surface area contributed by atoms with Crippen molar-refractivity contribution >= 4 is 40.4 Å². The summed E-state index contributed by atoms with van der Waals surface area (Å²) in [5.41, 5.74) is 0.915. The van der Waals surface area contributed by atoms with Gasteiger partial charge in [-0.25, -0.2) is 18.7 Å². The lowest BCUT2D eigenvalue weighted by molar-refractivity contribution is -0.159. The zero-order chi connectivity index (χ0) is 38.1. The van der Waals surface area contributed by atoms with Crippen LogP contribution in [-0.4, -0.2) is 87.1 Å². The normalized spacial score (nSPS) is 11.3. The van der Waals surface area contributed by atoms with Crippen LogP contribution >= 0.6 is 0 Å². The molecule has 0 bridgehead atoms. The summed E-state index contributed by atoms with van der Waals surface area (Å²) in [7, 11) is 5.07. The van der Waals surface area contributed by atoms with Crippen molar-refractivity contribution in [3.63, 3.8) is 0 Å². The summed E-state index contributed by atoms with van der Waals surface area (Å²) in [6.45, 7) is 3.56. The highest BCUT2D eigenvalue weighted by molar-refractivity contribution is 6.27. The van der Waals surface area contributed by atoms with Gasteiger partial charge in [-0.1, -0.05) is 18.2 Å². The fourth-order valence-electron chi connectivity index (χ4n) is 5.05. The van der Waals surface area contributed by atoms with E-state index in [1.165, 1.54) is 16.8 Å². The number of carbonyl (C=O) groups is 4. The fourth-order valence-corrected chi connectivity index (χ4v) is 5.05. The molecule has 2 aromatic heterocycles. The van der Waals surface area contributed by atoms with Gasteiger partial charge >= 0.3 is 17.9 Å². The van der Waals surface area contributed by atoms with Crippen LogP contribution in [0, 0.1) is 12.7 Å². The maximum absolute atomic E-state index is 15.3. The number of rotatable bonds is 11. The highest BCUT2D eigenvalue weighted by Gasteiger charge is 2.26. The van der Waals surface area contributed by atoms with Crippen LogP contribution in [0.25, 0.3) is 16.6 Å². The van der Waals surface area contributed by atoms with E-state index in [1.807, 2.05) is 6.07 Å². The maximum Gasteiger partial charge on any atom is 0.414 e. The lowest BCUT2D eigenvalue weighted by Crippen LogP contribution is -2.31. The van der Waals surface area contributed by atoms with Crippen molar-refractivity contribution in [1.29, 1.82) is 0 Å². The van der Waals surface area contributed by atoms with E-state index in [1.54, 1.807) is 99.4 Å². The Morgan fingerprint density at radius 1 is 0.962 bits per heavy atom. The van der Waals surface area contributed by atoms with Crippen molar-refractivity contribution in [3.8, 4) is 22.9 Å². The number of carbonyl (C=O) groups excluding carboxylic acids is 2. The van der Waals surface area contributed by atoms with E-state index in [9.17, 15) is 14.4 Å². The van der Waals surface area contributed by atoms with Gasteiger partial charge in [0.15, 0.2) is 11.6 Å². The number of carboxylic acid groups (broad SMARTS) is 2. The molecule has 5 rings (SSSR count). The van der Waals surface area contributed by atoms with Gasteiger partial charge < -0.3 is 29.7 Å². The summed E-state index contributed by atoms with van der Waals surface area (Å²) in [6.07, 6.45) is 0.944. The third-order valence-corrected chi connectivity index (χ3v) is 7.33. The first-order valence-electron chi connectivity index (χ1n) is 15.6. The van der Waals surface area contributed by atoms with Crippen LogP contribution in [0.2, 0.25) is 0 Å². The number of nitrogens with zero attached hydrogens (tertiary/aromatic N) is 4. The molecule has 0 saturated carbocycles. The number of para-hydroxylation sites is 1. The molecule has 2 heterocycles. The lowest BCUT2D eigenvalue weighted by Gasteiger charge is -2.19. The molecule has 0 saturated heterocycles. The van der Waals surface area contributed by atoms with E-state index < -0.39 is 41.3 Å². The zero-order valence-corrected chi connectivity index (χ0v) is 28.8. The molecule has 1 amide bonds. The van der Waals surface area contributed by atoms with Crippen molar-refractivity contribution in [3.05, 3.63) is 106 Å². The van der Waals surface area contributed by atoms with Gasteiger partial charge in [0.1, 0.15) is 23.2 Å². The molecule has 0 unspecified atom stereocenters. The molecule has 52 heavy (non-hydrogen) atoms. The Kier molecular flexibility index (Phi) is 12.4. The van der Waals surface area contributed by atoms with Crippen molar-refractivity contribution < 1.29 is 48.0 Å². The minimum absolute atomic E-state index is 0.0621. The van der Waals surface area contributed by atoms with Gasteiger partial charge in [0, 0.05) is 29.4 Å². The molecular formula is C36H36FN5O10. The van der Waals surface area contributed by atoms with Crippen molar-refractivity contribution in [2.45, 2.75) is 26.5 Å². The number of halogens is 1. The molecule has 16 heteroatoms. The number of carboxylic acids is 2. The van der Waals surface area contributed by atoms with Crippen LogP contribution in [-0.2, 0) is 25.7 Å². The van der Waals surface area contributed by atoms with E-state index in [2.05, 4.69) is 10.3 Å². The molecule has 272 valence electrons. The Morgan fingerprint density at radius 3 is 2.27 bits per heavy atom. The number of ether oxygens (including phenoxy) is 3. The third-order valence-electron chi connectivity index (χ3n) is 7.33. The lowest BCUT2D eigenvalue weighted by atomic mass is 10.2. The average molecular weight is 718 g/mol. The summed E-state index contributed by atoms with van der Waals surface area (Å²) >= 11 is 0. The smallest absolute Gasteiger partial charge is 0.414 e. The largest absolute Gasteiger partial charge is 0.497 e. The number of aliphatic carboxylic acids is 2. The minimum Gasteiger partial charge on any atom is -0.497 e. The van der Waals surface area contributed by atoms with Gasteiger partial charge in [0.05, 0.1) is 37.1 Å². The van der Waals surface area contributed by atoms with Gasteiger partial charge in [0.25, 0.3) is 11.5 Å². The van der Waals surface area contributed by atoms with E-state index in [-0.39, 0.29) is 30.1 Å². The summed E-state index contributed by atoms with van der Waals surface area (Å²) in [5, 5.41) is 18.1. The molecule has 0 aliphatic rings. The third kappa shape index (κ3) is 9.36. The molecule has 5 aromatic rings. The van der Waals surface area contributed by atoms with E-state index in [4.69, 9.17) is 34.0 Å². The van der Waals surface area contributed by atoms with E-state index in [0.29, 0.717) is 33.8 Å². The Morgan fingerprint density at radius 2 is 1.65 bits per heavy atom. The van der Waals surface area contributed by atoms with Gasteiger partial charge in [0.2, 0.25) is 0 Å². The molecule has 3 aromatic carbocycles. The Balaban J connectivity index is 0.000000929. The van der Waals surface area contributed by atoms with Crippen LogP contribution in [0.4, 0.5) is 10.1 Å². The van der Waals surface area contributed by atoms with Crippen LogP contribution in [0.15, 0.2) is 83.8 Å². The number of hydrogen-bond donors (Lipinski definition) is 3. The molecular weight excluding hydrogens is 681 g/mol. The average Bonchev–Trinajstić information content (AvgIpc) is 3.33. The Hall–Kier alpha value is -6.55. The summed E-state index contributed by atoms with van der Waals surface area (Å²) in [6, 6.07) is 19.7. The fraction of sp³-hybridized carbons (Fsp3) is 0.222. The first-order valence-corrected chi connectivity index (χ1v) is 15.6. The van der Waals surface area contributed by atoms with E-state index >= 15 is 4.39 Å². The molecule has 0 spiro atoms. The van der Waals surface area contributed by atoms with Gasteiger partial charge in [-0.05, 0) is 70.4 Å². The predicted octanol–water partition coefficient (Wildman–Crippen LogP) is 4.34. The zero-order valence-electron chi connectivity index (χ0n) is 28.8. The highest BCUT2D eigenvalue weighted by Crippen LogP contribution is 2.33. The van der Waals surface area contributed by atoms with Crippen LogP contribution in [0.1, 0.15) is 23.0 Å². The number of benzene rings is 3. The van der Waals surface area contributed by atoms with Crippen molar-refractivity contribution in [2.24, 2.45) is 0 Å². The quantitative estimate of drug-likeness (QED) is 0.130. The van der Waals surface area contributed by atoms with Crippen molar-refractivity contribution in [1.82, 2.24) is 19.2 Å². The number of hydrogen-bond acceptors (Lipinski definition) is 10. The first-order chi connectivity index (χ1) is 24.7. The second-order valence-corrected chi connectivity index (χ2v) is 11.5. The van der Waals surface area contributed by atoms with Crippen LogP contribution < -0.4 is 20.3 Å². The maximum atomic E-state index is 15.3. The number of methoxy groups -OCH3 is 1. The summed E-state index contributed by atoms with van der Waals surface area (Å²) in [4.78, 5) is 63.7. The minimum atomic E-state index is -1.82. The number of pyridine rings is 1. The van der Waals surface area contributed by atoms with E-state index in [0.717, 1.165) is 6.07 Å². The van der Waals surface area contributed by atoms with Gasteiger partial charge in [-0.3, -0.25) is 28.9 Å². The highest BCUT2D eigenvalue weighted by atomic mass is 19.1. The number of esters is 1. The number of amides is 1. The molecule has 0 aliphatic heterocycles. The van der Waals surface area contributed by atoms with Gasteiger partial charge in [-0.15, -0.1) is 0 Å². The molecule has 0 aliphatic carbocycles. The van der Waals surface area contributed by atoms with Crippen LogP contribution in [0.3, 0.4) is 0 Å². The van der Waals surface area contributed by atoms with Crippen LogP contribution in [0.5, 0.6) is 17.2 Å². The first kappa shape index (κ1) is 38.3.